The lowest BCUT2D eigenvalue weighted by atomic mass is 10.0. The van der Waals surface area contributed by atoms with E-state index in [1.54, 1.807) is 12.4 Å². The predicted molar refractivity (Wildman–Crippen MR) is 112 cm³/mol. The Morgan fingerprint density at radius 3 is 2.93 bits per heavy atom. The summed E-state index contributed by atoms with van der Waals surface area (Å²) in [6.45, 7) is 4.20. The van der Waals surface area contributed by atoms with Crippen LogP contribution >= 0.6 is 0 Å². The number of aromatic nitrogens is 4. The van der Waals surface area contributed by atoms with Gasteiger partial charge in [0, 0.05) is 42.5 Å². The maximum atomic E-state index is 13.0. The number of fused-ring (bicyclic) bond motifs is 3. The van der Waals surface area contributed by atoms with Gasteiger partial charge in [0.15, 0.2) is 5.82 Å². The number of H-pyrrole nitrogens is 1. The van der Waals surface area contributed by atoms with Crippen LogP contribution < -0.4 is 5.32 Å². The summed E-state index contributed by atoms with van der Waals surface area (Å²) in [5.74, 6) is 0.437. The van der Waals surface area contributed by atoms with E-state index in [1.807, 2.05) is 23.0 Å². The number of anilines is 1. The molecule has 1 aliphatic heterocycles. The molecule has 5 rings (SSSR count). The molecule has 1 fully saturated rings. The fourth-order valence-corrected chi connectivity index (χ4v) is 4.42. The van der Waals surface area contributed by atoms with Crippen molar-refractivity contribution in [2.75, 3.05) is 25.0 Å². The number of hydrogen-bond acceptors (Lipinski definition) is 4. The number of nitrogens with zero attached hydrogens (tertiary/aromatic N) is 4. The number of rotatable bonds is 5. The third-order valence-electron chi connectivity index (χ3n) is 5.93. The van der Waals surface area contributed by atoms with Crippen molar-refractivity contribution in [3.8, 4) is 11.3 Å². The second-order valence-electron chi connectivity index (χ2n) is 7.89. The summed E-state index contributed by atoms with van der Waals surface area (Å²) in [6, 6.07) is 5.93. The van der Waals surface area contributed by atoms with Crippen LogP contribution in [0.15, 0.2) is 36.8 Å². The van der Waals surface area contributed by atoms with Crippen molar-refractivity contribution >= 4 is 11.7 Å². The van der Waals surface area contributed by atoms with Crippen molar-refractivity contribution in [3.63, 3.8) is 0 Å². The topological polar surface area (TPSA) is 78.8 Å². The number of hydrogen-bond donors (Lipinski definition) is 2. The van der Waals surface area contributed by atoms with Gasteiger partial charge < -0.3 is 15.2 Å². The van der Waals surface area contributed by atoms with Gasteiger partial charge in [0.2, 0.25) is 0 Å². The largest absolute Gasteiger partial charge is 0.364 e. The fourth-order valence-electron chi connectivity index (χ4n) is 4.42. The number of likely N-dealkylation sites (tertiary alicyclic amines) is 1. The van der Waals surface area contributed by atoms with Crippen molar-refractivity contribution in [3.05, 3.63) is 53.6 Å². The molecular weight excluding hydrogens is 364 g/mol. The maximum Gasteiger partial charge on any atom is 0.259 e. The number of carbonyl (C=O) groups is 1. The van der Waals surface area contributed by atoms with Crippen molar-refractivity contribution in [1.29, 1.82) is 0 Å². The van der Waals surface area contributed by atoms with Gasteiger partial charge in [-0.2, -0.15) is 5.10 Å². The molecule has 1 saturated heterocycles. The minimum absolute atomic E-state index is 0.147. The van der Waals surface area contributed by atoms with Gasteiger partial charge in [-0.05, 0) is 56.8 Å². The van der Waals surface area contributed by atoms with E-state index in [9.17, 15) is 4.79 Å². The molecule has 3 aromatic rings. The first-order valence-electron chi connectivity index (χ1n) is 10.5. The summed E-state index contributed by atoms with van der Waals surface area (Å²) < 4.78 is 1.91. The van der Waals surface area contributed by atoms with Crippen LogP contribution in [0.4, 0.5) is 5.82 Å². The summed E-state index contributed by atoms with van der Waals surface area (Å²) in [7, 11) is 0. The van der Waals surface area contributed by atoms with E-state index < -0.39 is 0 Å². The molecule has 29 heavy (non-hydrogen) atoms. The highest BCUT2D eigenvalue weighted by Gasteiger charge is 2.24. The highest BCUT2D eigenvalue weighted by Crippen LogP contribution is 2.33. The van der Waals surface area contributed by atoms with Gasteiger partial charge >= 0.3 is 0 Å². The van der Waals surface area contributed by atoms with Crippen LogP contribution in [0.2, 0.25) is 0 Å². The summed E-state index contributed by atoms with van der Waals surface area (Å²) in [4.78, 5) is 23.4. The van der Waals surface area contributed by atoms with Gasteiger partial charge in [0.1, 0.15) is 0 Å². The van der Waals surface area contributed by atoms with Crippen LogP contribution in [0.25, 0.3) is 11.3 Å². The van der Waals surface area contributed by atoms with Crippen LogP contribution in [0.1, 0.15) is 40.9 Å². The predicted octanol–water partition coefficient (Wildman–Crippen LogP) is 3.11. The van der Waals surface area contributed by atoms with Gasteiger partial charge in [-0.15, -0.1) is 0 Å². The Balaban J connectivity index is 1.32. The van der Waals surface area contributed by atoms with Gasteiger partial charge in [-0.1, -0.05) is 6.07 Å². The number of pyridine rings is 1. The second kappa shape index (κ2) is 7.83. The zero-order valence-electron chi connectivity index (χ0n) is 16.5. The first kappa shape index (κ1) is 18.1. The molecule has 4 heterocycles. The van der Waals surface area contributed by atoms with E-state index in [4.69, 9.17) is 0 Å². The van der Waals surface area contributed by atoms with Crippen LogP contribution in [0.5, 0.6) is 0 Å². The smallest absolute Gasteiger partial charge is 0.259 e. The summed E-state index contributed by atoms with van der Waals surface area (Å²) >= 11 is 0. The Bertz CT molecular complexity index is 1010. The number of nitrogens with one attached hydrogen (secondary N) is 2. The van der Waals surface area contributed by atoms with E-state index in [0.717, 1.165) is 49.3 Å². The molecule has 7 heteroatoms. The number of aryl methyl sites for hydroxylation is 2. The Hall–Kier alpha value is -2.93. The number of aromatic amines is 1. The third-order valence-corrected chi connectivity index (χ3v) is 5.93. The van der Waals surface area contributed by atoms with Crippen LogP contribution in [-0.2, 0) is 19.4 Å². The molecule has 0 radical (unpaired) electrons. The molecule has 0 bridgehead atoms. The standard InChI is InChI=1S/C22H26N6O/c29-22(25-19-8-12-28(26-19)14-13-27-10-1-2-11-27)17-15-24-18-7-3-5-16-6-4-9-23-21(16)20(17)18/h4,6,8-9,12,15,24H,1-3,5,7,10-11,13-14H2,(H,25,26,29). The molecule has 0 saturated carbocycles. The van der Waals surface area contributed by atoms with Crippen molar-refractivity contribution < 1.29 is 4.79 Å². The SMILES string of the molecule is O=C(Nc1ccn(CCN2CCCC2)n1)c1c[nH]c2c1-c1ncccc1CCC2. The quantitative estimate of drug-likeness (QED) is 0.702. The molecular formula is C22H26N6O. The molecule has 2 N–H and O–H groups in total. The minimum atomic E-state index is -0.147. The van der Waals surface area contributed by atoms with Gasteiger partial charge in [0.05, 0.1) is 17.8 Å². The number of amides is 1. The van der Waals surface area contributed by atoms with E-state index >= 15 is 0 Å². The average molecular weight is 390 g/mol. The zero-order valence-corrected chi connectivity index (χ0v) is 16.5. The van der Waals surface area contributed by atoms with Crippen LogP contribution in [-0.4, -0.2) is 50.2 Å². The molecule has 150 valence electrons. The van der Waals surface area contributed by atoms with E-state index in [1.165, 1.54) is 31.5 Å². The molecule has 0 unspecified atom stereocenters. The van der Waals surface area contributed by atoms with E-state index in [0.29, 0.717) is 11.4 Å². The van der Waals surface area contributed by atoms with Crippen molar-refractivity contribution in [2.24, 2.45) is 0 Å². The van der Waals surface area contributed by atoms with Gasteiger partial charge in [-0.3, -0.25) is 14.5 Å². The van der Waals surface area contributed by atoms with Gasteiger partial charge in [0.25, 0.3) is 5.91 Å². The highest BCUT2D eigenvalue weighted by atomic mass is 16.1. The molecule has 2 aliphatic rings. The third kappa shape index (κ3) is 3.70. The number of carbonyl (C=O) groups excluding carboxylic acids is 1. The first-order chi connectivity index (χ1) is 14.3. The van der Waals surface area contributed by atoms with Crippen molar-refractivity contribution in [1.82, 2.24) is 24.6 Å². The van der Waals surface area contributed by atoms with E-state index in [-0.39, 0.29) is 5.91 Å². The Kier molecular flexibility index (Phi) is 4.89. The second-order valence-corrected chi connectivity index (χ2v) is 7.89. The maximum absolute atomic E-state index is 13.0. The van der Waals surface area contributed by atoms with Gasteiger partial charge in [-0.25, -0.2) is 0 Å². The Labute approximate surface area is 170 Å². The molecule has 1 amide bonds. The average Bonchev–Trinajstić information content (AvgIpc) is 3.46. The molecule has 0 spiro atoms. The van der Waals surface area contributed by atoms with E-state index in [2.05, 4.69) is 31.3 Å². The molecule has 1 aliphatic carbocycles. The summed E-state index contributed by atoms with van der Waals surface area (Å²) in [5.41, 5.74) is 4.77. The monoisotopic (exact) mass is 390 g/mol. The van der Waals surface area contributed by atoms with Crippen molar-refractivity contribution in [2.45, 2.75) is 38.6 Å². The Morgan fingerprint density at radius 2 is 2.03 bits per heavy atom. The normalized spacial score (nSPS) is 16.3. The molecule has 0 atom stereocenters. The minimum Gasteiger partial charge on any atom is -0.364 e. The highest BCUT2D eigenvalue weighted by molar-refractivity contribution is 6.08. The molecule has 7 nitrogen and oxygen atoms in total. The lowest BCUT2D eigenvalue weighted by Gasteiger charge is -2.13. The van der Waals surface area contributed by atoms with Crippen LogP contribution in [0.3, 0.4) is 0 Å². The lowest BCUT2D eigenvalue weighted by molar-refractivity contribution is 0.102. The summed E-state index contributed by atoms with van der Waals surface area (Å²) in [6.07, 6.45) is 11.1. The first-order valence-corrected chi connectivity index (χ1v) is 10.5. The van der Waals surface area contributed by atoms with Crippen LogP contribution in [0, 0.1) is 0 Å². The Morgan fingerprint density at radius 1 is 1.14 bits per heavy atom. The summed E-state index contributed by atoms with van der Waals surface area (Å²) in [5, 5.41) is 7.49. The molecule has 0 aromatic carbocycles. The fraction of sp³-hybridized carbons (Fsp3) is 0.409. The zero-order chi connectivity index (χ0) is 19.6. The molecule has 3 aromatic heterocycles. The lowest BCUT2D eigenvalue weighted by Crippen LogP contribution is -2.24.